The molecule has 0 bridgehead atoms. The van der Waals surface area contributed by atoms with E-state index in [4.69, 9.17) is 5.73 Å². The summed E-state index contributed by atoms with van der Waals surface area (Å²) in [5.41, 5.74) is 5.57. The smallest absolute Gasteiger partial charge is 0.279 e. The van der Waals surface area contributed by atoms with Crippen molar-refractivity contribution in [1.82, 2.24) is 25.2 Å². The lowest BCUT2D eigenvalue weighted by Crippen LogP contribution is -2.14. The van der Waals surface area contributed by atoms with Gasteiger partial charge in [0, 0.05) is 12.7 Å². The second-order valence-electron chi connectivity index (χ2n) is 3.22. The molecule has 1 amide bonds. The Morgan fingerprint density at radius 2 is 2.35 bits per heavy atom. The number of nitrogens with one attached hydrogen (secondary N) is 1. The van der Waals surface area contributed by atoms with Gasteiger partial charge in [0.2, 0.25) is 0 Å². The van der Waals surface area contributed by atoms with Crippen LogP contribution in [0.15, 0.2) is 24.5 Å². The summed E-state index contributed by atoms with van der Waals surface area (Å²) >= 11 is 0. The second-order valence-corrected chi connectivity index (χ2v) is 3.22. The molecule has 0 aromatic carbocycles. The molecule has 0 atom stereocenters. The van der Waals surface area contributed by atoms with Gasteiger partial charge in [-0.2, -0.15) is 5.10 Å². The van der Waals surface area contributed by atoms with Crippen molar-refractivity contribution in [3.63, 3.8) is 0 Å². The van der Waals surface area contributed by atoms with Gasteiger partial charge in [0.05, 0.1) is 12.7 Å². The van der Waals surface area contributed by atoms with E-state index in [1.165, 1.54) is 17.1 Å². The molecule has 3 N–H and O–H groups in total. The van der Waals surface area contributed by atoms with Crippen LogP contribution in [0.5, 0.6) is 0 Å². The molecule has 0 saturated carbocycles. The highest BCUT2D eigenvalue weighted by Gasteiger charge is 2.11. The number of nitrogens with zero attached hydrogens (tertiary/aromatic N) is 5. The van der Waals surface area contributed by atoms with E-state index in [0.29, 0.717) is 18.9 Å². The Kier molecular flexibility index (Phi) is 3.36. The van der Waals surface area contributed by atoms with Crippen LogP contribution in [-0.2, 0) is 6.54 Å². The lowest BCUT2D eigenvalue weighted by atomic mass is 10.4. The summed E-state index contributed by atoms with van der Waals surface area (Å²) in [4.78, 5) is 11.7. The lowest BCUT2D eigenvalue weighted by Gasteiger charge is -1.99. The van der Waals surface area contributed by atoms with Crippen molar-refractivity contribution in [2.75, 3.05) is 11.9 Å². The predicted molar refractivity (Wildman–Crippen MR) is 59.1 cm³/mol. The molecule has 88 valence electrons. The van der Waals surface area contributed by atoms with E-state index in [9.17, 15) is 4.79 Å². The highest BCUT2D eigenvalue weighted by Crippen LogP contribution is 2.01. The molecule has 0 radical (unpaired) electrons. The van der Waals surface area contributed by atoms with Gasteiger partial charge < -0.3 is 11.1 Å². The molecule has 8 heteroatoms. The first kappa shape index (κ1) is 11.1. The number of hydrogen-bond donors (Lipinski definition) is 2. The third kappa shape index (κ3) is 2.82. The second kappa shape index (κ2) is 5.12. The number of amides is 1. The molecule has 0 aliphatic carbocycles. The fraction of sp³-hybridized carbons (Fsp3) is 0.222. The average molecular weight is 233 g/mol. The number of nitrogens with two attached hydrogens (primary N) is 1. The molecule has 0 aliphatic heterocycles. The van der Waals surface area contributed by atoms with Crippen molar-refractivity contribution in [1.29, 1.82) is 0 Å². The van der Waals surface area contributed by atoms with Crippen LogP contribution in [0.2, 0.25) is 0 Å². The minimum Gasteiger partial charge on any atom is -0.329 e. The van der Waals surface area contributed by atoms with Crippen molar-refractivity contribution in [2.24, 2.45) is 5.73 Å². The number of carbonyl (C=O) groups excluding carboxylic acids is 1. The molecule has 2 aromatic heterocycles. The predicted octanol–water partition coefficient (Wildman–Crippen LogP) is -0.721. The van der Waals surface area contributed by atoms with Gasteiger partial charge in [-0.3, -0.25) is 9.48 Å². The quantitative estimate of drug-likeness (QED) is 0.720. The summed E-state index contributed by atoms with van der Waals surface area (Å²) in [5.74, 6) is -0.0142. The SMILES string of the molecule is NCCn1cc(C(=O)Nc2cccnn2)nn1. The summed E-state index contributed by atoms with van der Waals surface area (Å²) in [6, 6.07) is 3.31. The number of aromatic nitrogens is 5. The Balaban J connectivity index is 2.04. The van der Waals surface area contributed by atoms with E-state index in [-0.39, 0.29) is 11.6 Å². The Bertz CT molecular complexity index is 495. The molecule has 17 heavy (non-hydrogen) atoms. The molecule has 0 saturated heterocycles. The summed E-state index contributed by atoms with van der Waals surface area (Å²) in [7, 11) is 0. The van der Waals surface area contributed by atoms with Gasteiger partial charge in [0.15, 0.2) is 11.5 Å². The number of rotatable bonds is 4. The average Bonchev–Trinajstić information content (AvgIpc) is 2.79. The highest BCUT2D eigenvalue weighted by atomic mass is 16.2. The molecule has 0 unspecified atom stereocenters. The third-order valence-corrected chi connectivity index (χ3v) is 1.94. The maximum atomic E-state index is 11.7. The van der Waals surface area contributed by atoms with E-state index in [0.717, 1.165) is 0 Å². The van der Waals surface area contributed by atoms with Crippen molar-refractivity contribution in [2.45, 2.75) is 6.54 Å². The Labute approximate surface area is 96.8 Å². The van der Waals surface area contributed by atoms with Crippen LogP contribution >= 0.6 is 0 Å². The van der Waals surface area contributed by atoms with Crippen LogP contribution in [0, 0.1) is 0 Å². The van der Waals surface area contributed by atoms with Gasteiger partial charge >= 0.3 is 0 Å². The first-order chi connectivity index (χ1) is 8.29. The van der Waals surface area contributed by atoms with Crippen molar-refractivity contribution in [3.8, 4) is 0 Å². The maximum absolute atomic E-state index is 11.7. The van der Waals surface area contributed by atoms with E-state index >= 15 is 0 Å². The van der Waals surface area contributed by atoms with Crippen molar-refractivity contribution >= 4 is 11.7 Å². The van der Waals surface area contributed by atoms with Gasteiger partial charge in [-0.25, -0.2) is 0 Å². The Morgan fingerprint density at radius 3 is 3.06 bits per heavy atom. The van der Waals surface area contributed by atoms with Crippen LogP contribution in [0.1, 0.15) is 10.5 Å². The van der Waals surface area contributed by atoms with Gasteiger partial charge in [-0.1, -0.05) is 5.21 Å². The summed E-state index contributed by atoms with van der Waals surface area (Å²) < 4.78 is 1.51. The zero-order chi connectivity index (χ0) is 12.1. The van der Waals surface area contributed by atoms with Gasteiger partial charge in [0.1, 0.15) is 0 Å². The maximum Gasteiger partial charge on any atom is 0.279 e. The standard InChI is InChI=1S/C9H11N7O/c10-3-5-16-6-7(13-15-16)9(17)12-8-2-1-4-11-14-8/h1-2,4,6H,3,5,10H2,(H,12,14,17). The third-order valence-electron chi connectivity index (χ3n) is 1.94. The van der Waals surface area contributed by atoms with E-state index in [2.05, 4.69) is 25.8 Å². The van der Waals surface area contributed by atoms with Crippen molar-refractivity contribution in [3.05, 3.63) is 30.2 Å². The zero-order valence-corrected chi connectivity index (χ0v) is 8.95. The van der Waals surface area contributed by atoms with Crippen LogP contribution in [-0.4, -0.2) is 37.6 Å². The molecular formula is C9H11N7O. The zero-order valence-electron chi connectivity index (χ0n) is 8.95. The molecule has 2 aromatic rings. The van der Waals surface area contributed by atoms with Gasteiger partial charge in [-0.15, -0.1) is 10.2 Å². The molecule has 2 heterocycles. The number of carbonyl (C=O) groups is 1. The van der Waals surface area contributed by atoms with E-state index in [1.807, 2.05) is 0 Å². The van der Waals surface area contributed by atoms with Crippen LogP contribution in [0.3, 0.4) is 0 Å². The fourth-order valence-electron chi connectivity index (χ4n) is 1.19. The van der Waals surface area contributed by atoms with Gasteiger partial charge in [0.25, 0.3) is 5.91 Å². The Morgan fingerprint density at radius 1 is 1.47 bits per heavy atom. The van der Waals surface area contributed by atoms with E-state index < -0.39 is 0 Å². The van der Waals surface area contributed by atoms with E-state index in [1.54, 1.807) is 12.1 Å². The summed E-state index contributed by atoms with van der Waals surface area (Å²) in [5, 5.41) is 17.4. The molecule has 0 fully saturated rings. The minimum absolute atomic E-state index is 0.212. The van der Waals surface area contributed by atoms with Crippen LogP contribution in [0.4, 0.5) is 5.82 Å². The fourth-order valence-corrected chi connectivity index (χ4v) is 1.19. The lowest BCUT2D eigenvalue weighted by molar-refractivity contribution is 0.102. The van der Waals surface area contributed by atoms with Gasteiger partial charge in [-0.05, 0) is 12.1 Å². The van der Waals surface area contributed by atoms with Crippen LogP contribution < -0.4 is 11.1 Å². The first-order valence-electron chi connectivity index (χ1n) is 4.99. The minimum atomic E-state index is -0.381. The molecule has 8 nitrogen and oxygen atoms in total. The highest BCUT2D eigenvalue weighted by molar-refractivity contribution is 6.01. The molecule has 0 spiro atoms. The molecule has 2 rings (SSSR count). The topological polar surface area (TPSA) is 112 Å². The van der Waals surface area contributed by atoms with Crippen LogP contribution in [0.25, 0.3) is 0 Å². The summed E-state index contributed by atoms with van der Waals surface area (Å²) in [6.07, 6.45) is 3.05. The largest absolute Gasteiger partial charge is 0.329 e. The Hall–Kier alpha value is -2.35. The number of hydrogen-bond acceptors (Lipinski definition) is 6. The number of anilines is 1. The molecular weight excluding hydrogens is 222 g/mol. The molecule has 0 aliphatic rings. The normalized spacial score (nSPS) is 10.2. The summed E-state index contributed by atoms with van der Waals surface area (Å²) in [6.45, 7) is 0.958. The van der Waals surface area contributed by atoms with Crippen molar-refractivity contribution < 1.29 is 4.79 Å². The monoisotopic (exact) mass is 233 g/mol. The first-order valence-corrected chi connectivity index (χ1v) is 4.99.